The molecular weight excluding hydrogens is 366 g/mol. The predicted octanol–water partition coefficient (Wildman–Crippen LogP) is 1.90. The first-order valence-electron chi connectivity index (χ1n) is 5.59. The van der Waals surface area contributed by atoms with Gasteiger partial charge in [0.25, 0.3) is 11.2 Å². The molecule has 0 aliphatic heterocycles. The molecular formula is C11H9BrClN5O3. The lowest BCUT2D eigenvalue weighted by Gasteiger charge is -2.09. The second-order valence-corrected chi connectivity index (χ2v) is 5.27. The van der Waals surface area contributed by atoms with Gasteiger partial charge in [-0.15, -0.1) is 0 Å². The molecule has 21 heavy (non-hydrogen) atoms. The van der Waals surface area contributed by atoms with E-state index in [1.54, 1.807) is 12.1 Å². The van der Waals surface area contributed by atoms with Gasteiger partial charge in [0.15, 0.2) is 0 Å². The van der Waals surface area contributed by atoms with Crippen LogP contribution in [0.2, 0.25) is 5.02 Å². The fourth-order valence-corrected chi connectivity index (χ4v) is 2.27. The van der Waals surface area contributed by atoms with Gasteiger partial charge in [-0.1, -0.05) is 11.6 Å². The monoisotopic (exact) mass is 373 g/mol. The minimum absolute atomic E-state index is 0.0204. The van der Waals surface area contributed by atoms with Crippen LogP contribution in [0.15, 0.2) is 33.7 Å². The van der Waals surface area contributed by atoms with Gasteiger partial charge in [-0.3, -0.25) is 14.9 Å². The molecule has 0 spiro atoms. The average Bonchev–Trinajstić information content (AvgIpc) is 2.45. The highest BCUT2D eigenvalue weighted by Crippen LogP contribution is 2.19. The SMILES string of the molecule is NNc1ccc(Cl)c(Cn2cc([N+](=O)[O-])cc(Br)c2=O)n1. The van der Waals surface area contributed by atoms with Gasteiger partial charge in [-0.2, -0.15) is 0 Å². The van der Waals surface area contributed by atoms with Crippen molar-refractivity contribution < 1.29 is 4.92 Å². The van der Waals surface area contributed by atoms with E-state index in [2.05, 4.69) is 26.3 Å². The maximum atomic E-state index is 12.0. The summed E-state index contributed by atoms with van der Waals surface area (Å²) in [5, 5.41) is 11.2. The van der Waals surface area contributed by atoms with Crippen LogP contribution in [0.25, 0.3) is 0 Å². The molecule has 10 heteroatoms. The number of nitro groups is 1. The Balaban J connectivity index is 2.48. The summed E-state index contributed by atoms with van der Waals surface area (Å²) in [6.45, 7) is -0.0204. The van der Waals surface area contributed by atoms with Crippen molar-refractivity contribution in [2.45, 2.75) is 6.54 Å². The third-order valence-electron chi connectivity index (χ3n) is 2.63. The number of aromatic nitrogens is 2. The number of nitrogens with zero attached hydrogens (tertiary/aromatic N) is 3. The van der Waals surface area contributed by atoms with Crippen molar-refractivity contribution in [1.29, 1.82) is 0 Å². The number of rotatable bonds is 4. The maximum Gasteiger partial charge on any atom is 0.286 e. The van der Waals surface area contributed by atoms with Crippen molar-refractivity contribution in [3.8, 4) is 0 Å². The fraction of sp³-hybridized carbons (Fsp3) is 0.0909. The van der Waals surface area contributed by atoms with Crippen molar-refractivity contribution >= 4 is 39.0 Å². The molecule has 0 aromatic carbocycles. The van der Waals surface area contributed by atoms with Crippen molar-refractivity contribution in [2.75, 3.05) is 5.43 Å². The molecule has 0 aliphatic carbocycles. The lowest BCUT2D eigenvalue weighted by Crippen LogP contribution is -2.22. The van der Waals surface area contributed by atoms with E-state index in [-0.39, 0.29) is 16.7 Å². The van der Waals surface area contributed by atoms with E-state index in [1.165, 1.54) is 0 Å². The molecule has 2 aromatic rings. The lowest BCUT2D eigenvalue weighted by atomic mass is 10.3. The third kappa shape index (κ3) is 3.38. The molecule has 0 atom stereocenters. The number of anilines is 1. The Kier molecular flexibility index (Phi) is 4.56. The van der Waals surface area contributed by atoms with Gasteiger partial charge in [0.2, 0.25) is 0 Å². The molecule has 3 N–H and O–H groups in total. The Labute approximate surface area is 131 Å². The van der Waals surface area contributed by atoms with E-state index in [1.807, 2.05) is 0 Å². The maximum absolute atomic E-state index is 12.0. The third-order valence-corrected chi connectivity index (χ3v) is 3.54. The summed E-state index contributed by atoms with van der Waals surface area (Å²) in [6.07, 6.45) is 1.13. The van der Waals surface area contributed by atoms with Crippen LogP contribution in [-0.4, -0.2) is 14.5 Å². The highest BCUT2D eigenvalue weighted by molar-refractivity contribution is 9.10. The Morgan fingerprint density at radius 1 is 1.52 bits per heavy atom. The molecule has 110 valence electrons. The number of hydrogen-bond acceptors (Lipinski definition) is 6. The summed E-state index contributed by atoms with van der Waals surface area (Å²) in [7, 11) is 0. The molecule has 2 rings (SSSR count). The number of nitrogen functional groups attached to an aromatic ring is 1. The number of nitrogens with two attached hydrogens (primary N) is 1. The van der Waals surface area contributed by atoms with Crippen LogP contribution in [0.5, 0.6) is 0 Å². The molecule has 2 heterocycles. The van der Waals surface area contributed by atoms with E-state index in [4.69, 9.17) is 17.4 Å². The molecule has 0 unspecified atom stereocenters. The largest absolute Gasteiger partial charge is 0.308 e. The van der Waals surface area contributed by atoms with Crippen molar-refractivity contribution in [2.24, 2.45) is 5.84 Å². The topological polar surface area (TPSA) is 116 Å². The predicted molar refractivity (Wildman–Crippen MR) is 81.2 cm³/mol. The van der Waals surface area contributed by atoms with Gasteiger partial charge in [0.1, 0.15) is 5.82 Å². The second-order valence-electron chi connectivity index (χ2n) is 4.01. The van der Waals surface area contributed by atoms with Crippen molar-refractivity contribution in [1.82, 2.24) is 9.55 Å². The molecule has 2 aromatic heterocycles. The summed E-state index contributed by atoms with van der Waals surface area (Å²) >= 11 is 9.01. The highest BCUT2D eigenvalue weighted by atomic mass is 79.9. The minimum Gasteiger partial charge on any atom is -0.308 e. The van der Waals surface area contributed by atoms with Crippen LogP contribution < -0.4 is 16.8 Å². The van der Waals surface area contributed by atoms with Crippen molar-refractivity contribution in [3.63, 3.8) is 0 Å². The molecule has 8 nitrogen and oxygen atoms in total. The smallest absolute Gasteiger partial charge is 0.286 e. The van der Waals surface area contributed by atoms with Gasteiger partial charge in [0.05, 0.1) is 32.9 Å². The normalized spacial score (nSPS) is 10.4. The number of halogens is 2. The van der Waals surface area contributed by atoms with Crippen molar-refractivity contribution in [3.05, 3.63) is 60.1 Å². The zero-order valence-electron chi connectivity index (χ0n) is 10.4. The zero-order valence-corrected chi connectivity index (χ0v) is 12.8. The summed E-state index contributed by atoms with van der Waals surface area (Å²) < 4.78 is 1.23. The van der Waals surface area contributed by atoms with E-state index in [9.17, 15) is 14.9 Å². The Bertz CT molecular complexity index is 764. The summed E-state index contributed by atoms with van der Waals surface area (Å²) in [5.41, 5.74) is 2.08. The Hall–Kier alpha value is -1.97. The van der Waals surface area contributed by atoms with Crippen LogP contribution in [0, 0.1) is 10.1 Å². The second kappa shape index (κ2) is 6.20. The molecule has 0 bridgehead atoms. The molecule has 0 saturated carbocycles. The number of hydrazine groups is 1. The highest BCUT2D eigenvalue weighted by Gasteiger charge is 2.14. The van der Waals surface area contributed by atoms with Gasteiger partial charge in [-0.05, 0) is 28.1 Å². The zero-order chi connectivity index (χ0) is 15.6. The first-order chi connectivity index (χ1) is 9.92. The minimum atomic E-state index is -0.590. The average molecular weight is 375 g/mol. The van der Waals surface area contributed by atoms with E-state index < -0.39 is 10.5 Å². The molecule has 0 saturated heterocycles. The molecule has 0 amide bonds. The van der Waals surface area contributed by atoms with Gasteiger partial charge >= 0.3 is 0 Å². The van der Waals surface area contributed by atoms with E-state index >= 15 is 0 Å². The number of pyridine rings is 2. The molecule has 0 radical (unpaired) electrons. The van der Waals surface area contributed by atoms with Crippen LogP contribution >= 0.6 is 27.5 Å². The van der Waals surface area contributed by atoms with Crippen LogP contribution in [-0.2, 0) is 6.54 Å². The lowest BCUT2D eigenvalue weighted by molar-refractivity contribution is -0.385. The first kappa shape index (κ1) is 15.4. The van der Waals surface area contributed by atoms with E-state index in [0.29, 0.717) is 16.5 Å². The van der Waals surface area contributed by atoms with Crippen LogP contribution in [0.3, 0.4) is 0 Å². The number of hydrogen-bond donors (Lipinski definition) is 2. The fourth-order valence-electron chi connectivity index (χ4n) is 1.64. The van der Waals surface area contributed by atoms with Crippen LogP contribution in [0.4, 0.5) is 11.5 Å². The van der Waals surface area contributed by atoms with Gasteiger partial charge in [-0.25, -0.2) is 10.8 Å². The summed E-state index contributed by atoms with van der Waals surface area (Å²) in [4.78, 5) is 26.4. The summed E-state index contributed by atoms with van der Waals surface area (Å²) in [6, 6.07) is 4.28. The quantitative estimate of drug-likeness (QED) is 0.480. The first-order valence-corrected chi connectivity index (χ1v) is 6.76. The summed E-state index contributed by atoms with van der Waals surface area (Å²) in [5.74, 6) is 5.63. The van der Waals surface area contributed by atoms with E-state index in [0.717, 1.165) is 16.8 Å². The van der Waals surface area contributed by atoms with Gasteiger partial charge < -0.3 is 9.99 Å². The Morgan fingerprint density at radius 3 is 2.86 bits per heavy atom. The molecule has 0 fully saturated rings. The standard InChI is InChI=1S/C11H9BrClN5O3/c12-7-3-6(18(20)21)4-17(11(7)19)5-9-8(13)1-2-10(15-9)16-14/h1-4H,5,14H2,(H,15,16). The molecule has 0 aliphatic rings. The number of nitrogens with one attached hydrogen (secondary N) is 1. The van der Waals surface area contributed by atoms with Crippen LogP contribution in [0.1, 0.15) is 5.69 Å². The Morgan fingerprint density at radius 2 is 2.24 bits per heavy atom. The van der Waals surface area contributed by atoms with Gasteiger partial charge in [0, 0.05) is 6.07 Å².